The standard InChI is InChI=1S/C12H11N5O3/c1-6-8(9-11(19)16-5-17-12(9)20-6)10(18)15-4-7-13-2-3-14-7/h2-3,5H,4H2,1H3,(H,13,14)(H,15,18)(H,16,17,19). The first-order valence-electron chi connectivity index (χ1n) is 5.90. The van der Waals surface area contributed by atoms with Gasteiger partial charge in [0, 0.05) is 12.4 Å². The maximum atomic E-state index is 12.2. The minimum atomic E-state index is -0.407. The first-order valence-corrected chi connectivity index (χ1v) is 5.90. The van der Waals surface area contributed by atoms with Gasteiger partial charge in [0.05, 0.1) is 18.4 Å². The van der Waals surface area contributed by atoms with Crippen molar-refractivity contribution in [1.29, 1.82) is 0 Å². The summed E-state index contributed by atoms with van der Waals surface area (Å²) in [6, 6.07) is 0. The van der Waals surface area contributed by atoms with E-state index in [-0.39, 0.29) is 23.2 Å². The van der Waals surface area contributed by atoms with E-state index in [1.807, 2.05) is 0 Å². The number of aromatic nitrogens is 4. The van der Waals surface area contributed by atoms with Gasteiger partial charge in [-0.15, -0.1) is 0 Å². The molecule has 0 atom stereocenters. The second kappa shape index (κ2) is 4.65. The molecule has 0 unspecified atom stereocenters. The molecular formula is C12H11N5O3. The van der Waals surface area contributed by atoms with Crippen molar-refractivity contribution in [3.63, 3.8) is 0 Å². The summed E-state index contributed by atoms with van der Waals surface area (Å²) < 4.78 is 5.32. The van der Waals surface area contributed by atoms with Gasteiger partial charge in [0.25, 0.3) is 11.5 Å². The summed E-state index contributed by atoms with van der Waals surface area (Å²) >= 11 is 0. The molecule has 0 saturated heterocycles. The van der Waals surface area contributed by atoms with Crippen LogP contribution in [-0.4, -0.2) is 25.8 Å². The molecule has 3 aromatic heterocycles. The van der Waals surface area contributed by atoms with E-state index in [0.29, 0.717) is 11.6 Å². The normalized spacial score (nSPS) is 10.8. The van der Waals surface area contributed by atoms with Crippen LogP contribution in [0.4, 0.5) is 0 Å². The molecule has 0 radical (unpaired) electrons. The first kappa shape index (κ1) is 12.2. The van der Waals surface area contributed by atoms with Crippen LogP contribution in [0.2, 0.25) is 0 Å². The first-order chi connectivity index (χ1) is 9.66. The van der Waals surface area contributed by atoms with Crippen molar-refractivity contribution in [3.8, 4) is 0 Å². The topological polar surface area (TPSA) is 117 Å². The minimum Gasteiger partial charge on any atom is -0.442 e. The summed E-state index contributed by atoms with van der Waals surface area (Å²) in [4.78, 5) is 37.2. The third-order valence-corrected chi connectivity index (χ3v) is 2.87. The van der Waals surface area contributed by atoms with Crippen LogP contribution < -0.4 is 10.9 Å². The number of nitrogens with one attached hydrogen (secondary N) is 3. The number of imidazole rings is 1. The molecule has 3 aromatic rings. The van der Waals surface area contributed by atoms with Crippen molar-refractivity contribution in [2.24, 2.45) is 0 Å². The van der Waals surface area contributed by atoms with Crippen molar-refractivity contribution in [2.75, 3.05) is 0 Å². The molecule has 1 amide bonds. The van der Waals surface area contributed by atoms with Crippen LogP contribution in [0.15, 0.2) is 27.9 Å². The second-order valence-electron chi connectivity index (χ2n) is 4.16. The highest BCUT2D eigenvalue weighted by Crippen LogP contribution is 2.20. The van der Waals surface area contributed by atoms with Crippen molar-refractivity contribution in [3.05, 3.63) is 46.2 Å². The molecule has 3 N–H and O–H groups in total. The number of furan rings is 1. The van der Waals surface area contributed by atoms with E-state index >= 15 is 0 Å². The van der Waals surface area contributed by atoms with Crippen molar-refractivity contribution in [1.82, 2.24) is 25.3 Å². The molecule has 3 rings (SSSR count). The number of rotatable bonds is 3. The third kappa shape index (κ3) is 1.96. The van der Waals surface area contributed by atoms with Crippen LogP contribution in [0, 0.1) is 6.92 Å². The highest BCUT2D eigenvalue weighted by molar-refractivity contribution is 6.06. The maximum absolute atomic E-state index is 12.2. The van der Waals surface area contributed by atoms with E-state index in [1.54, 1.807) is 19.3 Å². The maximum Gasteiger partial charge on any atom is 0.262 e. The lowest BCUT2D eigenvalue weighted by molar-refractivity contribution is 0.0950. The fourth-order valence-corrected chi connectivity index (χ4v) is 1.97. The van der Waals surface area contributed by atoms with Crippen LogP contribution >= 0.6 is 0 Å². The Morgan fingerprint density at radius 2 is 2.25 bits per heavy atom. The Hall–Kier alpha value is -2.90. The van der Waals surface area contributed by atoms with Crippen LogP contribution in [-0.2, 0) is 6.54 Å². The number of fused-ring (bicyclic) bond motifs is 1. The number of carbonyl (C=O) groups is 1. The van der Waals surface area contributed by atoms with Crippen LogP contribution in [0.3, 0.4) is 0 Å². The van der Waals surface area contributed by atoms with E-state index in [1.165, 1.54) is 6.33 Å². The summed E-state index contributed by atoms with van der Waals surface area (Å²) in [6.07, 6.45) is 4.49. The molecule has 0 bridgehead atoms. The van der Waals surface area contributed by atoms with Gasteiger partial charge in [-0.2, -0.15) is 0 Å². The Morgan fingerprint density at radius 1 is 1.40 bits per heavy atom. The molecule has 3 heterocycles. The quantitative estimate of drug-likeness (QED) is 0.641. The fraction of sp³-hybridized carbons (Fsp3) is 0.167. The van der Waals surface area contributed by atoms with E-state index in [4.69, 9.17) is 4.42 Å². The van der Waals surface area contributed by atoms with Gasteiger partial charge in [-0.25, -0.2) is 9.97 Å². The van der Waals surface area contributed by atoms with E-state index in [9.17, 15) is 9.59 Å². The molecule has 8 nitrogen and oxygen atoms in total. The summed E-state index contributed by atoms with van der Waals surface area (Å²) in [5, 5.41) is 2.83. The molecule has 0 fully saturated rings. The van der Waals surface area contributed by atoms with Gasteiger partial charge < -0.3 is 19.7 Å². The number of aryl methyl sites for hydroxylation is 1. The Kier molecular flexibility index (Phi) is 2.82. The molecule has 20 heavy (non-hydrogen) atoms. The zero-order chi connectivity index (χ0) is 14.1. The number of nitrogens with zero attached hydrogens (tertiary/aromatic N) is 2. The average Bonchev–Trinajstić information content (AvgIpc) is 3.03. The Morgan fingerprint density at radius 3 is 3.00 bits per heavy atom. The van der Waals surface area contributed by atoms with Gasteiger partial charge in [-0.1, -0.05) is 0 Å². The lowest BCUT2D eigenvalue weighted by Crippen LogP contribution is -2.25. The molecule has 0 aliphatic heterocycles. The van der Waals surface area contributed by atoms with E-state index < -0.39 is 11.5 Å². The summed E-state index contributed by atoms with van der Waals surface area (Å²) in [5.41, 5.74) is -0.0645. The van der Waals surface area contributed by atoms with E-state index in [0.717, 1.165) is 0 Å². The monoisotopic (exact) mass is 273 g/mol. The number of carbonyl (C=O) groups excluding carboxylic acids is 1. The number of amides is 1. The Balaban J connectivity index is 1.95. The molecule has 0 aliphatic rings. The number of aromatic amines is 2. The van der Waals surface area contributed by atoms with Crippen molar-refractivity contribution < 1.29 is 9.21 Å². The SMILES string of the molecule is Cc1oc2nc[nH]c(=O)c2c1C(=O)NCc1ncc[nH]1. The van der Waals surface area contributed by atoms with Gasteiger partial charge in [0.1, 0.15) is 17.0 Å². The van der Waals surface area contributed by atoms with Gasteiger partial charge in [0.2, 0.25) is 5.71 Å². The largest absolute Gasteiger partial charge is 0.442 e. The van der Waals surface area contributed by atoms with Crippen molar-refractivity contribution in [2.45, 2.75) is 13.5 Å². The van der Waals surface area contributed by atoms with Crippen LogP contribution in [0.25, 0.3) is 11.1 Å². The van der Waals surface area contributed by atoms with Gasteiger partial charge in [0.15, 0.2) is 0 Å². The van der Waals surface area contributed by atoms with Crippen LogP contribution in [0.5, 0.6) is 0 Å². The number of hydrogen-bond acceptors (Lipinski definition) is 5. The Bertz CT molecular complexity index is 815. The van der Waals surface area contributed by atoms with Gasteiger partial charge >= 0.3 is 0 Å². The highest BCUT2D eigenvalue weighted by atomic mass is 16.3. The third-order valence-electron chi connectivity index (χ3n) is 2.87. The molecule has 0 aromatic carbocycles. The predicted octanol–water partition coefficient (Wildman–Crippen LogP) is 0.478. The molecule has 0 saturated carbocycles. The lowest BCUT2D eigenvalue weighted by Gasteiger charge is -2.02. The van der Waals surface area contributed by atoms with Gasteiger partial charge in [-0.05, 0) is 6.92 Å². The highest BCUT2D eigenvalue weighted by Gasteiger charge is 2.21. The smallest absolute Gasteiger partial charge is 0.262 e. The summed E-state index contributed by atoms with van der Waals surface area (Å²) in [7, 11) is 0. The second-order valence-corrected chi connectivity index (χ2v) is 4.16. The zero-order valence-corrected chi connectivity index (χ0v) is 10.6. The minimum absolute atomic E-state index is 0.148. The molecule has 0 spiro atoms. The number of hydrogen-bond donors (Lipinski definition) is 3. The lowest BCUT2D eigenvalue weighted by atomic mass is 10.2. The molecular weight excluding hydrogens is 262 g/mol. The molecule has 0 aliphatic carbocycles. The Labute approximate surface area is 112 Å². The molecule has 8 heteroatoms. The summed E-state index contributed by atoms with van der Waals surface area (Å²) in [6.45, 7) is 1.85. The molecule has 102 valence electrons. The summed E-state index contributed by atoms with van der Waals surface area (Å²) in [5.74, 6) is 0.563. The fourth-order valence-electron chi connectivity index (χ4n) is 1.97. The van der Waals surface area contributed by atoms with Crippen LogP contribution in [0.1, 0.15) is 21.9 Å². The van der Waals surface area contributed by atoms with E-state index in [2.05, 4.69) is 25.3 Å². The predicted molar refractivity (Wildman–Crippen MR) is 69.1 cm³/mol. The average molecular weight is 273 g/mol. The van der Waals surface area contributed by atoms with Gasteiger partial charge in [-0.3, -0.25) is 9.59 Å². The van der Waals surface area contributed by atoms with Crippen molar-refractivity contribution >= 4 is 17.0 Å². The number of H-pyrrole nitrogens is 2. The zero-order valence-electron chi connectivity index (χ0n) is 10.6.